The number of hydrogen-bond donors (Lipinski definition) is 1. The van der Waals surface area contributed by atoms with Crippen molar-refractivity contribution in [2.24, 2.45) is 11.7 Å². The Balaban J connectivity index is 1.99. The summed E-state index contributed by atoms with van der Waals surface area (Å²) < 4.78 is 0. The first-order valence-electron chi connectivity index (χ1n) is 6.88. The van der Waals surface area contributed by atoms with Crippen molar-refractivity contribution in [1.82, 2.24) is 4.98 Å². The van der Waals surface area contributed by atoms with E-state index in [0.717, 1.165) is 6.42 Å². The third kappa shape index (κ3) is 3.06. The minimum atomic E-state index is 0.337. The zero-order chi connectivity index (χ0) is 12.3. The van der Waals surface area contributed by atoms with Crippen LogP contribution in [0.25, 0.3) is 0 Å². The highest BCUT2D eigenvalue weighted by atomic mass is 14.7. The van der Waals surface area contributed by atoms with E-state index in [-0.39, 0.29) is 0 Å². The molecule has 0 amide bonds. The van der Waals surface area contributed by atoms with Gasteiger partial charge in [-0.05, 0) is 49.7 Å². The summed E-state index contributed by atoms with van der Waals surface area (Å²) in [6, 6.07) is 4.63. The maximum atomic E-state index is 6.13. The average molecular weight is 232 g/mol. The molecule has 0 saturated heterocycles. The van der Waals surface area contributed by atoms with Crippen LogP contribution in [0.3, 0.4) is 0 Å². The van der Waals surface area contributed by atoms with Gasteiger partial charge in [0.25, 0.3) is 0 Å². The van der Waals surface area contributed by atoms with Gasteiger partial charge < -0.3 is 5.73 Å². The first kappa shape index (κ1) is 12.6. The van der Waals surface area contributed by atoms with Gasteiger partial charge in [0.2, 0.25) is 0 Å². The summed E-state index contributed by atoms with van der Waals surface area (Å²) in [5, 5.41) is 0. The molecule has 2 N–H and O–H groups in total. The van der Waals surface area contributed by atoms with E-state index in [9.17, 15) is 0 Å². The molecule has 0 radical (unpaired) electrons. The predicted octanol–water partition coefficient (Wildman–Crippen LogP) is 3.27. The average Bonchev–Trinajstić information content (AvgIpc) is 2.35. The fourth-order valence-electron chi connectivity index (χ4n) is 2.71. The second kappa shape index (κ2) is 5.63. The summed E-state index contributed by atoms with van der Waals surface area (Å²) in [6.45, 7) is 4.41. The number of hydrogen-bond acceptors (Lipinski definition) is 2. The van der Waals surface area contributed by atoms with Gasteiger partial charge in [-0.3, -0.25) is 4.98 Å². The monoisotopic (exact) mass is 232 g/mol. The van der Waals surface area contributed by atoms with E-state index in [0.29, 0.717) is 17.9 Å². The van der Waals surface area contributed by atoms with E-state index in [1.165, 1.54) is 36.9 Å². The Morgan fingerprint density at radius 1 is 1.47 bits per heavy atom. The van der Waals surface area contributed by atoms with Crippen LogP contribution >= 0.6 is 0 Å². The molecule has 0 bridgehead atoms. The molecule has 2 rings (SSSR count). The van der Waals surface area contributed by atoms with E-state index in [1.807, 2.05) is 6.20 Å². The summed E-state index contributed by atoms with van der Waals surface area (Å²) in [6.07, 6.45) is 8.05. The summed E-state index contributed by atoms with van der Waals surface area (Å²) in [4.78, 5) is 4.58. The second-order valence-corrected chi connectivity index (χ2v) is 5.62. The van der Waals surface area contributed by atoms with Gasteiger partial charge in [-0.1, -0.05) is 19.9 Å². The lowest BCUT2D eigenvalue weighted by Crippen LogP contribution is -2.27. The number of rotatable bonds is 4. The Hall–Kier alpha value is -0.890. The lowest BCUT2D eigenvalue weighted by molar-refractivity contribution is 0.408. The summed E-state index contributed by atoms with van der Waals surface area (Å²) in [5.74, 6) is 1.23. The molecule has 2 atom stereocenters. The SMILES string of the molecule is CC(C)C(N)CCC1CCCc2cccnc21. The molecule has 2 heteroatoms. The van der Waals surface area contributed by atoms with Crippen molar-refractivity contribution in [3.05, 3.63) is 29.6 Å². The van der Waals surface area contributed by atoms with Crippen molar-refractivity contribution < 1.29 is 0 Å². The highest BCUT2D eigenvalue weighted by Gasteiger charge is 2.22. The van der Waals surface area contributed by atoms with E-state index in [4.69, 9.17) is 5.73 Å². The first-order valence-corrected chi connectivity index (χ1v) is 6.88. The number of aryl methyl sites for hydroxylation is 1. The van der Waals surface area contributed by atoms with Crippen molar-refractivity contribution in [2.75, 3.05) is 0 Å². The van der Waals surface area contributed by atoms with Gasteiger partial charge in [-0.2, -0.15) is 0 Å². The molecule has 0 fully saturated rings. The summed E-state index contributed by atoms with van der Waals surface area (Å²) in [5.41, 5.74) is 8.94. The fourth-order valence-corrected chi connectivity index (χ4v) is 2.71. The zero-order valence-corrected chi connectivity index (χ0v) is 11.0. The molecule has 1 aliphatic carbocycles. The van der Waals surface area contributed by atoms with E-state index in [2.05, 4.69) is 31.0 Å². The molecule has 1 aromatic rings. The van der Waals surface area contributed by atoms with Gasteiger partial charge in [0.1, 0.15) is 0 Å². The van der Waals surface area contributed by atoms with Crippen LogP contribution in [0.2, 0.25) is 0 Å². The Bertz CT molecular complexity index is 360. The van der Waals surface area contributed by atoms with Gasteiger partial charge in [0, 0.05) is 23.9 Å². The topological polar surface area (TPSA) is 38.9 Å². The van der Waals surface area contributed by atoms with Crippen molar-refractivity contribution in [3.63, 3.8) is 0 Å². The Labute approximate surface area is 105 Å². The lowest BCUT2D eigenvalue weighted by Gasteiger charge is -2.26. The molecular formula is C15H24N2. The van der Waals surface area contributed by atoms with Crippen LogP contribution in [0.1, 0.15) is 56.7 Å². The zero-order valence-electron chi connectivity index (χ0n) is 11.0. The van der Waals surface area contributed by atoms with Crippen LogP contribution < -0.4 is 5.73 Å². The van der Waals surface area contributed by atoms with Crippen LogP contribution in [0.5, 0.6) is 0 Å². The molecule has 17 heavy (non-hydrogen) atoms. The minimum Gasteiger partial charge on any atom is -0.327 e. The van der Waals surface area contributed by atoms with Crippen LogP contribution in [0.4, 0.5) is 0 Å². The maximum Gasteiger partial charge on any atom is 0.0466 e. The molecule has 94 valence electrons. The van der Waals surface area contributed by atoms with Gasteiger partial charge in [0.05, 0.1) is 0 Å². The third-order valence-electron chi connectivity index (χ3n) is 4.02. The van der Waals surface area contributed by atoms with Crippen LogP contribution in [0, 0.1) is 5.92 Å². The fraction of sp³-hybridized carbons (Fsp3) is 0.667. The number of aromatic nitrogens is 1. The lowest BCUT2D eigenvalue weighted by atomic mass is 9.82. The molecule has 0 saturated carbocycles. The number of pyridine rings is 1. The third-order valence-corrected chi connectivity index (χ3v) is 4.02. The predicted molar refractivity (Wildman–Crippen MR) is 72.0 cm³/mol. The number of nitrogens with two attached hydrogens (primary N) is 1. The van der Waals surface area contributed by atoms with Gasteiger partial charge in [0.15, 0.2) is 0 Å². The molecule has 0 spiro atoms. The normalized spacial score (nSPS) is 21.3. The molecular weight excluding hydrogens is 208 g/mol. The highest BCUT2D eigenvalue weighted by Crippen LogP contribution is 2.33. The quantitative estimate of drug-likeness (QED) is 0.865. The van der Waals surface area contributed by atoms with Crippen LogP contribution in [-0.4, -0.2) is 11.0 Å². The number of fused-ring (bicyclic) bond motifs is 1. The van der Waals surface area contributed by atoms with Crippen molar-refractivity contribution in [2.45, 2.75) is 57.9 Å². The summed E-state index contributed by atoms with van der Waals surface area (Å²) >= 11 is 0. The molecule has 2 nitrogen and oxygen atoms in total. The molecule has 2 unspecified atom stereocenters. The molecule has 1 heterocycles. The highest BCUT2D eigenvalue weighted by molar-refractivity contribution is 5.25. The van der Waals surface area contributed by atoms with Crippen LogP contribution in [-0.2, 0) is 6.42 Å². The van der Waals surface area contributed by atoms with E-state index >= 15 is 0 Å². The van der Waals surface area contributed by atoms with E-state index < -0.39 is 0 Å². The number of nitrogens with zero attached hydrogens (tertiary/aromatic N) is 1. The molecule has 0 aromatic carbocycles. The summed E-state index contributed by atoms with van der Waals surface area (Å²) in [7, 11) is 0. The standard InChI is InChI=1S/C15H24N2/c1-11(2)14(16)9-8-13-6-3-5-12-7-4-10-17-15(12)13/h4,7,10-11,13-14H,3,5-6,8-9,16H2,1-2H3. The Kier molecular flexibility index (Phi) is 4.16. The minimum absolute atomic E-state index is 0.337. The van der Waals surface area contributed by atoms with Gasteiger partial charge in [-0.25, -0.2) is 0 Å². The Morgan fingerprint density at radius 3 is 3.06 bits per heavy atom. The van der Waals surface area contributed by atoms with Crippen molar-refractivity contribution in [1.29, 1.82) is 0 Å². The smallest absolute Gasteiger partial charge is 0.0466 e. The van der Waals surface area contributed by atoms with Crippen molar-refractivity contribution >= 4 is 0 Å². The molecule has 0 aliphatic heterocycles. The maximum absolute atomic E-state index is 6.13. The van der Waals surface area contributed by atoms with Crippen molar-refractivity contribution in [3.8, 4) is 0 Å². The van der Waals surface area contributed by atoms with E-state index in [1.54, 1.807) is 0 Å². The second-order valence-electron chi connectivity index (χ2n) is 5.62. The largest absolute Gasteiger partial charge is 0.327 e. The van der Waals surface area contributed by atoms with Gasteiger partial charge in [-0.15, -0.1) is 0 Å². The Morgan fingerprint density at radius 2 is 2.29 bits per heavy atom. The first-order chi connectivity index (χ1) is 8.18. The van der Waals surface area contributed by atoms with Gasteiger partial charge >= 0.3 is 0 Å². The molecule has 1 aromatic heterocycles. The van der Waals surface area contributed by atoms with Crippen LogP contribution in [0.15, 0.2) is 18.3 Å². The molecule has 1 aliphatic rings.